The second-order valence-electron chi connectivity index (χ2n) is 6.40. The van der Waals surface area contributed by atoms with Crippen molar-refractivity contribution < 1.29 is 9.84 Å². The van der Waals surface area contributed by atoms with Gasteiger partial charge in [0.1, 0.15) is 11.5 Å². The van der Waals surface area contributed by atoms with Gasteiger partial charge in [0.25, 0.3) is 0 Å². The van der Waals surface area contributed by atoms with Gasteiger partial charge in [-0.3, -0.25) is 0 Å². The number of aliphatic hydroxyl groups excluding tert-OH is 1. The van der Waals surface area contributed by atoms with Crippen molar-refractivity contribution in [2.45, 2.75) is 25.8 Å². The highest BCUT2D eigenvalue weighted by atomic mass is 16.5. The molecule has 0 saturated heterocycles. The Bertz CT molecular complexity index is 838. The Hall–Kier alpha value is -2.36. The van der Waals surface area contributed by atoms with Crippen LogP contribution in [0.2, 0.25) is 0 Å². The van der Waals surface area contributed by atoms with Crippen molar-refractivity contribution in [3.8, 4) is 11.5 Å². The summed E-state index contributed by atoms with van der Waals surface area (Å²) in [7, 11) is 0. The van der Waals surface area contributed by atoms with Crippen molar-refractivity contribution in [1.29, 1.82) is 0 Å². The number of hydrogen-bond donors (Lipinski definition) is 2. The molecule has 3 nitrogen and oxygen atoms in total. The molecule has 0 heterocycles. The van der Waals surface area contributed by atoms with E-state index in [1.54, 1.807) is 0 Å². The van der Waals surface area contributed by atoms with Crippen LogP contribution in [-0.2, 0) is 12.0 Å². The summed E-state index contributed by atoms with van der Waals surface area (Å²) >= 11 is 0. The zero-order chi connectivity index (χ0) is 17.2. The first-order valence-electron chi connectivity index (χ1n) is 8.22. The molecule has 1 atom stereocenters. The van der Waals surface area contributed by atoms with E-state index in [0.717, 1.165) is 34.3 Å². The van der Waals surface area contributed by atoms with Crippen LogP contribution in [-0.4, -0.2) is 11.7 Å². The molecule has 0 fully saturated rings. The van der Waals surface area contributed by atoms with Crippen LogP contribution in [0.5, 0.6) is 11.5 Å². The van der Waals surface area contributed by atoms with E-state index >= 15 is 0 Å². The van der Waals surface area contributed by atoms with Gasteiger partial charge in [0.05, 0.1) is 12.1 Å². The van der Waals surface area contributed by atoms with Gasteiger partial charge in [0.15, 0.2) is 0 Å². The maximum atomic E-state index is 9.42. The summed E-state index contributed by atoms with van der Waals surface area (Å²) in [6.07, 6.45) is 1.02. The Kier molecular flexibility index (Phi) is 4.56. The highest BCUT2D eigenvalue weighted by Crippen LogP contribution is 2.28. The fraction of sp³-hybridized carbons (Fsp3) is 0.238. The number of benzene rings is 3. The SMILES string of the molecule is CCc1ccc(Oc2ccc3cc([C@@](C)(N)CO)ccc3c2)cc1. The van der Waals surface area contributed by atoms with Gasteiger partial charge in [-0.05, 0) is 65.6 Å². The van der Waals surface area contributed by atoms with Gasteiger partial charge in [-0.1, -0.05) is 37.3 Å². The van der Waals surface area contributed by atoms with Gasteiger partial charge in [-0.2, -0.15) is 0 Å². The summed E-state index contributed by atoms with van der Waals surface area (Å²) in [5.74, 6) is 1.63. The molecule has 0 amide bonds. The van der Waals surface area contributed by atoms with Crippen molar-refractivity contribution >= 4 is 10.8 Å². The molecule has 3 N–H and O–H groups in total. The number of aliphatic hydroxyl groups is 1. The molecule has 0 aromatic heterocycles. The molecule has 124 valence electrons. The molecule has 0 aliphatic carbocycles. The third-order valence-corrected chi connectivity index (χ3v) is 4.37. The van der Waals surface area contributed by atoms with Crippen molar-refractivity contribution in [1.82, 2.24) is 0 Å². The number of fused-ring (bicyclic) bond motifs is 1. The van der Waals surface area contributed by atoms with E-state index in [-0.39, 0.29) is 6.61 Å². The molecule has 0 bridgehead atoms. The quantitative estimate of drug-likeness (QED) is 0.734. The monoisotopic (exact) mass is 321 g/mol. The third-order valence-electron chi connectivity index (χ3n) is 4.37. The van der Waals surface area contributed by atoms with Gasteiger partial charge in [-0.25, -0.2) is 0 Å². The predicted octanol–water partition coefficient (Wildman–Crippen LogP) is 4.36. The molecular weight excluding hydrogens is 298 g/mol. The summed E-state index contributed by atoms with van der Waals surface area (Å²) in [5.41, 5.74) is 7.59. The molecule has 0 saturated carbocycles. The summed E-state index contributed by atoms with van der Waals surface area (Å²) < 4.78 is 5.94. The van der Waals surface area contributed by atoms with E-state index in [0.29, 0.717) is 0 Å². The highest BCUT2D eigenvalue weighted by Gasteiger charge is 2.19. The van der Waals surface area contributed by atoms with Gasteiger partial charge in [0, 0.05) is 0 Å². The van der Waals surface area contributed by atoms with E-state index in [9.17, 15) is 5.11 Å². The molecule has 0 radical (unpaired) electrons. The highest BCUT2D eigenvalue weighted by molar-refractivity contribution is 5.84. The average Bonchev–Trinajstić information content (AvgIpc) is 2.62. The standard InChI is InChI=1S/C21H23NO2/c1-3-15-4-9-19(10-5-15)24-20-11-7-16-12-18(21(2,22)14-23)8-6-17(16)13-20/h4-13,23H,3,14,22H2,1-2H3/t21-/m0/s1. The van der Waals surface area contributed by atoms with Crippen LogP contribution in [0.1, 0.15) is 25.0 Å². The number of rotatable bonds is 5. The third kappa shape index (κ3) is 3.42. The Morgan fingerprint density at radius 1 is 0.917 bits per heavy atom. The van der Waals surface area contributed by atoms with E-state index in [2.05, 4.69) is 19.1 Å². The van der Waals surface area contributed by atoms with Gasteiger partial charge in [-0.15, -0.1) is 0 Å². The zero-order valence-electron chi connectivity index (χ0n) is 14.1. The Morgan fingerprint density at radius 3 is 2.21 bits per heavy atom. The molecule has 3 heteroatoms. The molecule has 3 aromatic rings. The molecule has 0 unspecified atom stereocenters. The first-order chi connectivity index (χ1) is 11.5. The number of nitrogens with two attached hydrogens (primary N) is 1. The number of ether oxygens (including phenoxy) is 1. The minimum absolute atomic E-state index is 0.0898. The molecule has 0 spiro atoms. The number of hydrogen-bond acceptors (Lipinski definition) is 3. The van der Waals surface area contributed by atoms with E-state index in [1.807, 2.05) is 55.5 Å². The lowest BCUT2D eigenvalue weighted by Gasteiger charge is -2.22. The minimum Gasteiger partial charge on any atom is -0.457 e. The molecule has 3 rings (SSSR count). The van der Waals surface area contributed by atoms with E-state index in [1.165, 1.54) is 5.56 Å². The lowest BCUT2D eigenvalue weighted by atomic mass is 9.92. The molecule has 3 aromatic carbocycles. The molecular formula is C21H23NO2. The van der Waals surface area contributed by atoms with Crippen LogP contribution < -0.4 is 10.5 Å². The van der Waals surface area contributed by atoms with Crippen molar-refractivity contribution in [3.63, 3.8) is 0 Å². The number of aryl methyl sites for hydroxylation is 1. The van der Waals surface area contributed by atoms with E-state index in [4.69, 9.17) is 10.5 Å². The fourth-order valence-electron chi connectivity index (χ4n) is 2.66. The second-order valence-corrected chi connectivity index (χ2v) is 6.40. The predicted molar refractivity (Wildman–Crippen MR) is 98.5 cm³/mol. The summed E-state index contributed by atoms with van der Waals surface area (Å²) in [6.45, 7) is 3.87. The minimum atomic E-state index is -0.732. The van der Waals surface area contributed by atoms with Crippen LogP contribution in [0.15, 0.2) is 60.7 Å². The lowest BCUT2D eigenvalue weighted by molar-refractivity contribution is 0.210. The normalized spacial score (nSPS) is 13.7. The van der Waals surface area contributed by atoms with Crippen LogP contribution in [0.3, 0.4) is 0 Å². The maximum Gasteiger partial charge on any atom is 0.128 e. The average molecular weight is 321 g/mol. The Balaban J connectivity index is 1.87. The Morgan fingerprint density at radius 2 is 1.54 bits per heavy atom. The summed E-state index contributed by atoms with van der Waals surface area (Å²) in [4.78, 5) is 0. The van der Waals surface area contributed by atoms with Gasteiger partial charge >= 0.3 is 0 Å². The smallest absolute Gasteiger partial charge is 0.128 e. The van der Waals surface area contributed by atoms with Gasteiger partial charge < -0.3 is 15.6 Å². The Labute approximate surface area is 142 Å². The lowest BCUT2D eigenvalue weighted by Crippen LogP contribution is -2.36. The fourth-order valence-corrected chi connectivity index (χ4v) is 2.66. The van der Waals surface area contributed by atoms with Crippen molar-refractivity contribution in [2.24, 2.45) is 5.73 Å². The van der Waals surface area contributed by atoms with Crippen LogP contribution in [0, 0.1) is 0 Å². The largest absolute Gasteiger partial charge is 0.457 e. The van der Waals surface area contributed by atoms with E-state index < -0.39 is 5.54 Å². The zero-order valence-corrected chi connectivity index (χ0v) is 14.1. The van der Waals surface area contributed by atoms with Crippen LogP contribution >= 0.6 is 0 Å². The molecule has 0 aliphatic rings. The first kappa shape index (κ1) is 16.5. The van der Waals surface area contributed by atoms with Crippen molar-refractivity contribution in [2.75, 3.05) is 6.61 Å². The van der Waals surface area contributed by atoms with Crippen LogP contribution in [0.25, 0.3) is 10.8 Å². The molecule has 24 heavy (non-hydrogen) atoms. The van der Waals surface area contributed by atoms with Gasteiger partial charge in [0.2, 0.25) is 0 Å². The molecule has 0 aliphatic heterocycles. The van der Waals surface area contributed by atoms with Crippen LogP contribution in [0.4, 0.5) is 0 Å². The first-order valence-corrected chi connectivity index (χ1v) is 8.22. The summed E-state index contributed by atoms with van der Waals surface area (Å²) in [5, 5.41) is 11.6. The summed E-state index contributed by atoms with van der Waals surface area (Å²) in [6, 6.07) is 20.1. The topological polar surface area (TPSA) is 55.5 Å². The van der Waals surface area contributed by atoms with Crippen molar-refractivity contribution in [3.05, 3.63) is 71.8 Å². The maximum absolute atomic E-state index is 9.42. The second kappa shape index (κ2) is 6.63.